The summed E-state index contributed by atoms with van der Waals surface area (Å²) in [5.74, 6) is -0.784. The lowest BCUT2D eigenvalue weighted by Crippen LogP contribution is -2.39. The number of hydrogen-bond donors (Lipinski definition) is 1. The minimum Gasteiger partial charge on any atom is -0.342 e. The summed E-state index contributed by atoms with van der Waals surface area (Å²) in [5, 5.41) is 2.54. The number of nitrogens with zero attached hydrogens (tertiary/aromatic N) is 2. The second kappa shape index (κ2) is 7.67. The number of anilines is 1. The molecule has 0 radical (unpaired) electrons. The molecule has 0 saturated carbocycles. The van der Waals surface area contributed by atoms with E-state index >= 15 is 0 Å². The van der Waals surface area contributed by atoms with E-state index in [1.165, 1.54) is 22.5 Å². The molecule has 1 atom stereocenters. The Hall–Kier alpha value is -2.19. The Bertz CT molecular complexity index is 1010. The first-order valence-corrected chi connectivity index (χ1v) is 10.8. The third-order valence-electron chi connectivity index (χ3n) is 5.42. The molecule has 152 valence electrons. The van der Waals surface area contributed by atoms with Crippen molar-refractivity contribution in [2.45, 2.75) is 38.5 Å². The van der Waals surface area contributed by atoms with Crippen molar-refractivity contribution in [1.29, 1.82) is 0 Å². The SMILES string of the molecule is Cc1c(S(=O)(=O)N2CCCC(C)C2)c(C)n(C)c1C(=O)Nc1ccccc1F. The minimum atomic E-state index is -3.71. The quantitative estimate of drug-likeness (QED) is 0.844. The largest absolute Gasteiger partial charge is 0.342 e. The summed E-state index contributed by atoms with van der Waals surface area (Å²) in [6.07, 6.45) is 1.83. The zero-order valence-corrected chi connectivity index (χ0v) is 17.4. The molecule has 0 spiro atoms. The fourth-order valence-corrected chi connectivity index (χ4v) is 5.96. The number of hydrogen-bond acceptors (Lipinski definition) is 3. The fourth-order valence-electron chi connectivity index (χ4n) is 3.89. The highest BCUT2D eigenvalue weighted by molar-refractivity contribution is 7.89. The molecular weight excluding hydrogens is 381 g/mol. The Morgan fingerprint density at radius 3 is 2.57 bits per heavy atom. The fraction of sp³-hybridized carbons (Fsp3) is 0.450. The van der Waals surface area contributed by atoms with Crippen molar-refractivity contribution in [2.24, 2.45) is 13.0 Å². The van der Waals surface area contributed by atoms with Crippen LogP contribution in [0.25, 0.3) is 0 Å². The van der Waals surface area contributed by atoms with Gasteiger partial charge in [0.1, 0.15) is 16.4 Å². The molecule has 2 heterocycles. The number of rotatable bonds is 4. The van der Waals surface area contributed by atoms with Crippen LogP contribution in [0.4, 0.5) is 10.1 Å². The van der Waals surface area contributed by atoms with Gasteiger partial charge in [0.05, 0.1) is 5.69 Å². The molecule has 28 heavy (non-hydrogen) atoms. The van der Waals surface area contributed by atoms with Gasteiger partial charge in [-0.3, -0.25) is 4.79 Å². The molecule has 3 rings (SSSR count). The van der Waals surface area contributed by atoms with Gasteiger partial charge in [-0.25, -0.2) is 12.8 Å². The number of carbonyl (C=O) groups is 1. The second-order valence-electron chi connectivity index (χ2n) is 7.49. The molecule has 1 aromatic carbocycles. The lowest BCUT2D eigenvalue weighted by Gasteiger charge is -2.30. The molecule has 0 aliphatic carbocycles. The number of sulfonamides is 1. The summed E-state index contributed by atoms with van der Waals surface area (Å²) < 4.78 is 43.6. The first kappa shape index (κ1) is 20.5. The smallest absolute Gasteiger partial charge is 0.272 e. The zero-order valence-electron chi connectivity index (χ0n) is 16.6. The van der Waals surface area contributed by atoms with E-state index in [2.05, 4.69) is 5.32 Å². The number of amides is 1. The van der Waals surface area contributed by atoms with E-state index in [1.807, 2.05) is 6.92 Å². The molecule has 1 N–H and O–H groups in total. The van der Waals surface area contributed by atoms with Crippen LogP contribution in [-0.4, -0.2) is 36.3 Å². The molecule has 1 unspecified atom stereocenters. The first-order valence-electron chi connectivity index (χ1n) is 9.36. The van der Waals surface area contributed by atoms with Crippen LogP contribution in [0.2, 0.25) is 0 Å². The zero-order chi connectivity index (χ0) is 20.6. The third-order valence-corrected chi connectivity index (χ3v) is 7.55. The van der Waals surface area contributed by atoms with Crippen molar-refractivity contribution < 1.29 is 17.6 Å². The summed E-state index contributed by atoms with van der Waals surface area (Å²) in [4.78, 5) is 13.0. The molecule has 1 aromatic heterocycles. The van der Waals surface area contributed by atoms with Gasteiger partial charge in [-0.2, -0.15) is 4.31 Å². The normalized spacial score (nSPS) is 18.2. The number of benzene rings is 1. The van der Waals surface area contributed by atoms with Gasteiger partial charge in [0.25, 0.3) is 5.91 Å². The van der Waals surface area contributed by atoms with E-state index in [0.717, 1.165) is 12.8 Å². The average molecular weight is 408 g/mol. The Balaban J connectivity index is 2.00. The number of halogens is 1. The average Bonchev–Trinajstić information content (AvgIpc) is 2.86. The molecule has 1 fully saturated rings. The van der Waals surface area contributed by atoms with Crippen LogP contribution in [0, 0.1) is 25.6 Å². The highest BCUT2D eigenvalue weighted by atomic mass is 32.2. The highest BCUT2D eigenvalue weighted by Gasteiger charge is 2.35. The van der Waals surface area contributed by atoms with Crippen molar-refractivity contribution in [1.82, 2.24) is 8.87 Å². The second-order valence-corrected chi connectivity index (χ2v) is 9.37. The van der Waals surface area contributed by atoms with E-state index < -0.39 is 21.7 Å². The lowest BCUT2D eigenvalue weighted by molar-refractivity contribution is 0.101. The summed E-state index contributed by atoms with van der Waals surface area (Å²) in [6.45, 7) is 6.32. The van der Waals surface area contributed by atoms with Crippen molar-refractivity contribution in [2.75, 3.05) is 18.4 Å². The summed E-state index contributed by atoms with van der Waals surface area (Å²) in [6, 6.07) is 5.87. The Labute approximate surface area is 165 Å². The maximum atomic E-state index is 13.9. The Morgan fingerprint density at radius 1 is 1.25 bits per heavy atom. The molecule has 1 amide bonds. The van der Waals surface area contributed by atoms with Crippen LogP contribution >= 0.6 is 0 Å². The van der Waals surface area contributed by atoms with Gasteiger partial charge in [0, 0.05) is 31.4 Å². The van der Waals surface area contributed by atoms with Crippen LogP contribution in [0.1, 0.15) is 41.5 Å². The van der Waals surface area contributed by atoms with Gasteiger partial charge in [-0.05, 0) is 44.7 Å². The highest BCUT2D eigenvalue weighted by Crippen LogP contribution is 2.31. The molecular formula is C20H26FN3O3S. The van der Waals surface area contributed by atoms with Crippen molar-refractivity contribution >= 4 is 21.6 Å². The lowest BCUT2D eigenvalue weighted by atomic mass is 10.0. The number of piperidine rings is 1. The van der Waals surface area contributed by atoms with E-state index in [0.29, 0.717) is 30.3 Å². The molecule has 2 aromatic rings. The first-order chi connectivity index (χ1) is 13.1. The molecule has 1 saturated heterocycles. The molecule has 0 bridgehead atoms. The van der Waals surface area contributed by atoms with Gasteiger partial charge in [0.15, 0.2) is 0 Å². The summed E-state index contributed by atoms with van der Waals surface area (Å²) in [7, 11) is -2.06. The van der Waals surface area contributed by atoms with E-state index in [1.54, 1.807) is 31.5 Å². The molecule has 1 aliphatic rings. The Morgan fingerprint density at radius 2 is 1.93 bits per heavy atom. The van der Waals surface area contributed by atoms with Crippen LogP contribution in [0.5, 0.6) is 0 Å². The van der Waals surface area contributed by atoms with Gasteiger partial charge in [-0.15, -0.1) is 0 Å². The third kappa shape index (κ3) is 3.58. The summed E-state index contributed by atoms with van der Waals surface area (Å²) >= 11 is 0. The summed E-state index contributed by atoms with van der Waals surface area (Å²) in [5.41, 5.74) is 1.14. The predicted octanol–water partition coefficient (Wildman–Crippen LogP) is 3.45. The Kier molecular flexibility index (Phi) is 5.63. The van der Waals surface area contributed by atoms with Crippen molar-refractivity contribution in [3.63, 3.8) is 0 Å². The standard InChI is InChI=1S/C20H26FN3O3S/c1-13-8-7-11-24(12-13)28(26,27)19-14(2)18(23(4)15(19)3)20(25)22-17-10-6-5-9-16(17)21/h5-6,9-10,13H,7-8,11-12H2,1-4H3,(H,22,25). The van der Waals surface area contributed by atoms with Gasteiger partial charge in [-0.1, -0.05) is 19.1 Å². The predicted molar refractivity (Wildman–Crippen MR) is 106 cm³/mol. The number of para-hydroxylation sites is 1. The van der Waals surface area contributed by atoms with E-state index in [9.17, 15) is 17.6 Å². The minimum absolute atomic E-state index is 0.0556. The van der Waals surface area contributed by atoms with Crippen LogP contribution in [-0.2, 0) is 17.1 Å². The van der Waals surface area contributed by atoms with Crippen molar-refractivity contribution in [3.8, 4) is 0 Å². The van der Waals surface area contributed by atoms with E-state index in [4.69, 9.17) is 0 Å². The van der Waals surface area contributed by atoms with Crippen molar-refractivity contribution in [3.05, 3.63) is 47.0 Å². The maximum absolute atomic E-state index is 13.9. The molecule has 8 heteroatoms. The van der Waals surface area contributed by atoms with Gasteiger partial charge >= 0.3 is 0 Å². The van der Waals surface area contributed by atoms with Gasteiger partial charge < -0.3 is 9.88 Å². The van der Waals surface area contributed by atoms with Crippen LogP contribution in [0.15, 0.2) is 29.2 Å². The maximum Gasteiger partial charge on any atom is 0.272 e. The van der Waals surface area contributed by atoms with Gasteiger partial charge in [0.2, 0.25) is 10.0 Å². The van der Waals surface area contributed by atoms with Crippen LogP contribution in [0.3, 0.4) is 0 Å². The number of nitrogens with one attached hydrogen (secondary N) is 1. The number of aromatic nitrogens is 1. The van der Waals surface area contributed by atoms with E-state index in [-0.39, 0.29) is 16.3 Å². The topological polar surface area (TPSA) is 71.4 Å². The molecule has 1 aliphatic heterocycles. The monoisotopic (exact) mass is 407 g/mol. The van der Waals surface area contributed by atoms with Crippen LogP contribution < -0.4 is 5.32 Å². The number of carbonyl (C=O) groups excluding carboxylic acids is 1. The molecule has 6 nitrogen and oxygen atoms in total.